The Morgan fingerprint density at radius 3 is 2.76 bits per heavy atom. The number of benzene rings is 1. The maximum Gasteiger partial charge on any atom is 0.107 e. The van der Waals surface area contributed by atoms with Crippen molar-refractivity contribution >= 4 is 11.3 Å². The third kappa shape index (κ3) is 5.11. The molecule has 1 atom stereocenters. The Hall–Kier alpha value is -1.27. The second kappa shape index (κ2) is 7.96. The first-order valence-electron chi connectivity index (χ1n) is 9.05. The van der Waals surface area contributed by atoms with Gasteiger partial charge in [-0.05, 0) is 24.9 Å². The molecule has 5 heteroatoms. The maximum atomic E-state index is 11.0. The van der Waals surface area contributed by atoms with Gasteiger partial charge in [0, 0.05) is 37.3 Å². The highest BCUT2D eigenvalue weighted by Gasteiger charge is 2.36. The summed E-state index contributed by atoms with van der Waals surface area (Å²) in [6.45, 7) is 8.49. The van der Waals surface area contributed by atoms with Crippen LogP contribution in [-0.2, 0) is 13.1 Å². The Morgan fingerprint density at radius 1 is 1.32 bits per heavy atom. The number of rotatable bonds is 7. The summed E-state index contributed by atoms with van der Waals surface area (Å²) in [5, 5.41) is 12.1. The van der Waals surface area contributed by atoms with Crippen LogP contribution >= 0.6 is 11.3 Å². The van der Waals surface area contributed by atoms with Crippen LogP contribution in [0, 0.1) is 0 Å². The fraction of sp³-hybridized carbons (Fsp3) is 0.550. The standard InChI is InChI=1S/C20H29N3OS/c1-16(2)18-11-21-19(25-18)13-22(3)14-20(24)9-10-23(15-20)12-17-7-5-4-6-8-17/h4-8,11,16,24H,9-10,12-15H2,1-3H3. The summed E-state index contributed by atoms with van der Waals surface area (Å²) in [4.78, 5) is 10.4. The molecular formula is C20H29N3OS. The minimum absolute atomic E-state index is 0.530. The summed E-state index contributed by atoms with van der Waals surface area (Å²) in [5.41, 5.74) is 0.686. The lowest BCUT2D eigenvalue weighted by Crippen LogP contribution is -2.43. The molecule has 1 saturated heterocycles. The van der Waals surface area contributed by atoms with Crippen LogP contribution in [0.1, 0.15) is 41.6 Å². The molecule has 1 aliphatic heterocycles. The normalized spacial score (nSPS) is 21.5. The van der Waals surface area contributed by atoms with Gasteiger partial charge >= 0.3 is 0 Å². The van der Waals surface area contributed by atoms with Crippen LogP contribution < -0.4 is 0 Å². The molecule has 0 amide bonds. The van der Waals surface area contributed by atoms with E-state index in [9.17, 15) is 5.11 Å². The van der Waals surface area contributed by atoms with Crippen molar-refractivity contribution in [3.05, 3.63) is 52.0 Å². The number of aliphatic hydroxyl groups is 1. The molecule has 2 aromatic rings. The Bertz CT molecular complexity index is 673. The third-order valence-corrected chi connectivity index (χ3v) is 6.05. The number of hydrogen-bond acceptors (Lipinski definition) is 5. The monoisotopic (exact) mass is 359 g/mol. The fourth-order valence-electron chi connectivity index (χ4n) is 3.50. The van der Waals surface area contributed by atoms with Gasteiger partial charge in [-0.15, -0.1) is 11.3 Å². The molecule has 136 valence electrons. The minimum Gasteiger partial charge on any atom is -0.387 e. The Morgan fingerprint density at radius 2 is 2.08 bits per heavy atom. The first kappa shape index (κ1) is 18.5. The van der Waals surface area contributed by atoms with Crippen LogP contribution in [0.4, 0.5) is 0 Å². The molecule has 1 aliphatic rings. The zero-order valence-electron chi connectivity index (χ0n) is 15.5. The Balaban J connectivity index is 1.51. The van der Waals surface area contributed by atoms with Crippen molar-refractivity contribution in [1.29, 1.82) is 0 Å². The third-order valence-electron chi connectivity index (χ3n) is 4.77. The molecule has 0 aliphatic carbocycles. The van der Waals surface area contributed by atoms with Crippen LogP contribution in [0.2, 0.25) is 0 Å². The van der Waals surface area contributed by atoms with Crippen molar-refractivity contribution in [2.24, 2.45) is 0 Å². The highest BCUT2D eigenvalue weighted by atomic mass is 32.1. The van der Waals surface area contributed by atoms with Gasteiger partial charge in [-0.2, -0.15) is 0 Å². The van der Waals surface area contributed by atoms with E-state index < -0.39 is 5.60 Å². The van der Waals surface area contributed by atoms with Gasteiger partial charge in [-0.1, -0.05) is 44.2 Å². The minimum atomic E-state index is -0.623. The van der Waals surface area contributed by atoms with E-state index in [4.69, 9.17) is 0 Å². The molecule has 25 heavy (non-hydrogen) atoms. The molecule has 3 rings (SSSR count). The zero-order valence-corrected chi connectivity index (χ0v) is 16.3. The quantitative estimate of drug-likeness (QED) is 0.823. The van der Waals surface area contributed by atoms with Crippen molar-refractivity contribution < 1.29 is 5.11 Å². The van der Waals surface area contributed by atoms with E-state index >= 15 is 0 Å². The number of nitrogens with zero attached hydrogens (tertiary/aromatic N) is 3. The van der Waals surface area contributed by atoms with Gasteiger partial charge in [0.25, 0.3) is 0 Å². The predicted molar refractivity (Wildman–Crippen MR) is 104 cm³/mol. The molecule has 0 spiro atoms. The number of β-amino-alcohol motifs (C(OH)–C–C–N with tert-alkyl or cyclic N) is 1. The average Bonchev–Trinajstić information content (AvgIpc) is 3.15. The lowest BCUT2D eigenvalue weighted by atomic mass is 10.0. The number of likely N-dealkylation sites (tertiary alicyclic amines) is 1. The summed E-state index contributed by atoms with van der Waals surface area (Å²) in [6, 6.07) is 10.5. The van der Waals surface area contributed by atoms with Gasteiger partial charge in [0.05, 0.1) is 12.1 Å². The van der Waals surface area contributed by atoms with E-state index in [2.05, 4.69) is 59.9 Å². The van der Waals surface area contributed by atoms with Crippen LogP contribution in [0.3, 0.4) is 0 Å². The van der Waals surface area contributed by atoms with Gasteiger partial charge in [0.15, 0.2) is 0 Å². The molecule has 1 aromatic heterocycles. The first-order chi connectivity index (χ1) is 11.9. The summed E-state index contributed by atoms with van der Waals surface area (Å²) in [5.74, 6) is 0.530. The topological polar surface area (TPSA) is 39.6 Å². The second-order valence-corrected chi connectivity index (χ2v) is 8.80. The van der Waals surface area contributed by atoms with Crippen molar-refractivity contribution in [3.8, 4) is 0 Å². The van der Waals surface area contributed by atoms with E-state index in [0.717, 1.165) is 37.6 Å². The van der Waals surface area contributed by atoms with E-state index in [-0.39, 0.29) is 0 Å². The number of thiazole rings is 1. The summed E-state index contributed by atoms with van der Waals surface area (Å²) < 4.78 is 0. The van der Waals surface area contributed by atoms with E-state index in [0.29, 0.717) is 12.5 Å². The molecule has 0 radical (unpaired) electrons. The molecule has 0 saturated carbocycles. The van der Waals surface area contributed by atoms with Crippen LogP contribution in [0.15, 0.2) is 36.5 Å². The number of likely N-dealkylation sites (N-methyl/N-ethyl adjacent to an activating group) is 1. The molecule has 0 bridgehead atoms. The highest BCUT2D eigenvalue weighted by molar-refractivity contribution is 7.11. The largest absolute Gasteiger partial charge is 0.387 e. The molecule has 2 heterocycles. The summed E-state index contributed by atoms with van der Waals surface area (Å²) in [6.07, 6.45) is 2.82. The summed E-state index contributed by atoms with van der Waals surface area (Å²) >= 11 is 1.78. The van der Waals surface area contributed by atoms with Gasteiger partial charge < -0.3 is 5.11 Å². The molecule has 1 aromatic carbocycles. The van der Waals surface area contributed by atoms with Crippen molar-refractivity contribution in [2.75, 3.05) is 26.7 Å². The SMILES string of the molecule is CC(C)c1cnc(CN(C)CC2(O)CCN(Cc3ccccc3)C2)s1. The van der Waals surface area contributed by atoms with Gasteiger partial charge in [0.2, 0.25) is 0 Å². The summed E-state index contributed by atoms with van der Waals surface area (Å²) in [7, 11) is 2.08. The second-order valence-electron chi connectivity index (χ2n) is 7.65. The molecule has 4 nitrogen and oxygen atoms in total. The lowest BCUT2D eigenvalue weighted by molar-refractivity contribution is 0.0162. The zero-order chi connectivity index (χ0) is 17.9. The average molecular weight is 360 g/mol. The van der Waals surface area contributed by atoms with E-state index in [1.807, 2.05) is 12.3 Å². The predicted octanol–water partition coefficient (Wildman–Crippen LogP) is 3.34. The van der Waals surface area contributed by atoms with E-state index in [1.165, 1.54) is 10.4 Å². The van der Waals surface area contributed by atoms with Crippen LogP contribution in [0.25, 0.3) is 0 Å². The Kier molecular flexibility index (Phi) is 5.89. The first-order valence-corrected chi connectivity index (χ1v) is 9.87. The molecular weight excluding hydrogens is 330 g/mol. The maximum absolute atomic E-state index is 11.0. The lowest BCUT2D eigenvalue weighted by Gasteiger charge is -2.28. The highest BCUT2D eigenvalue weighted by Crippen LogP contribution is 2.26. The molecule has 1 fully saturated rings. The fourth-order valence-corrected chi connectivity index (χ4v) is 4.50. The number of hydrogen-bond donors (Lipinski definition) is 1. The molecule has 1 N–H and O–H groups in total. The van der Waals surface area contributed by atoms with Gasteiger partial charge in [-0.3, -0.25) is 9.80 Å². The number of aromatic nitrogens is 1. The van der Waals surface area contributed by atoms with Crippen LogP contribution in [-0.4, -0.2) is 52.2 Å². The molecule has 1 unspecified atom stereocenters. The van der Waals surface area contributed by atoms with Crippen LogP contribution in [0.5, 0.6) is 0 Å². The Labute approximate surface area is 155 Å². The van der Waals surface area contributed by atoms with Gasteiger partial charge in [0.1, 0.15) is 5.01 Å². The van der Waals surface area contributed by atoms with Crippen molar-refractivity contribution in [3.63, 3.8) is 0 Å². The van der Waals surface area contributed by atoms with Crippen molar-refractivity contribution in [2.45, 2.75) is 44.9 Å². The van der Waals surface area contributed by atoms with Gasteiger partial charge in [-0.25, -0.2) is 4.98 Å². The van der Waals surface area contributed by atoms with Crippen molar-refractivity contribution in [1.82, 2.24) is 14.8 Å². The smallest absolute Gasteiger partial charge is 0.107 e. The van der Waals surface area contributed by atoms with E-state index in [1.54, 1.807) is 11.3 Å².